The first-order valence-electron chi connectivity index (χ1n) is 4.50. The van der Waals surface area contributed by atoms with E-state index in [9.17, 15) is 14.0 Å². The Labute approximate surface area is 96.1 Å². The van der Waals surface area contributed by atoms with Gasteiger partial charge in [-0.1, -0.05) is 23.7 Å². The van der Waals surface area contributed by atoms with Crippen LogP contribution in [-0.4, -0.2) is 23.8 Å². The average molecular weight is 240 g/mol. The molecule has 5 heteroatoms. The van der Waals surface area contributed by atoms with Gasteiger partial charge in [0.15, 0.2) is 0 Å². The van der Waals surface area contributed by atoms with Gasteiger partial charge in [0.1, 0.15) is 10.8 Å². The van der Waals surface area contributed by atoms with Gasteiger partial charge in [-0.2, -0.15) is 0 Å². The summed E-state index contributed by atoms with van der Waals surface area (Å²) in [5.41, 5.74) is 0.559. The van der Waals surface area contributed by atoms with E-state index >= 15 is 0 Å². The van der Waals surface area contributed by atoms with Crippen molar-refractivity contribution in [3.05, 3.63) is 40.7 Å². The Balaban J connectivity index is 2.52. The van der Waals surface area contributed by atoms with Crippen LogP contribution in [0.5, 0.6) is 0 Å². The smallest absolute Gasteiger partial charge is 0.272 e. The zero-order valence-corrected chi connectivity index (χ0v) is 9.08. The molecule has 0 N–H and O–H groups in total. The highest BCUT2D eigenvalue weighted by molar-refractivity contribution is 6.55. The highest BCUT2D eigenvalue weighted by Gasteiger charge is 2.35. The molecule has 1 aliphatic heterocycles. The first-order chi connectivity index (χ1) is 7.52. The number of imide groups is 1. The van der Waals surface area contributed by atoms with Gasteiger partial charge in [0.25, 0.3) is 11.8 Å². The van der Waals surface area contributed by atoms with Gasteiger partial charge in [0, 0.05) is 7.05 Å². The van der Waals surface area contributed by atoms with Gasteiger partial charge in [0.05, 0.1) is 5.57 Å². The predicted octanol–water partition coefficient (Wildman–Crippen LogP) is 1.77. The summed E-state index contributed by atoms with van der Waals surface area (Å²) < 4.78 is 12.7. The second kappa shape index (κ2) is 3.72. The summed E-state index contributed by atoms with van der Waals surface area (Å²) in [6.45, 7) is 0. The van der Waals surface area contributed by atoms with Crippen LogP contribution in [0.1, 0.15) is 5.56 Å². The molecule has 2 amide bonds. The molecule has 82 valence electrons. The average Bonchev–Trinajstić information content (AvgIpc) is 2.46. The van der Waals surface area contributed by atoms with Crippen LogP contribution in [-0.2, 0) is 9.59 Å². The van der Waals surface area contributed by atoms with E-state index in [0.717, 1.165) is 4.90 Å². The van der Waals surface area contributed by atoms with E-state index in [2.05, 4.69) is 0 Å². The van der Waals surface area contributed by atoms with Crippen molar-refractivity contribution >= 4 is 29.0 Å². The molecular weight excluding hydrogens is 233 g/mol. The molecule has 0 unspecified atom stereocenters. The van der Waals surface area contributed by atoms with E-state index in [1.807, 2.05) is 0 Å². The number of carbonyl (C=O) groups excluding carboxylic acids is 2. The molecule has 3 nitrogen and oxygen atoms in total. The lowest BCUT2D eigenvalue weighted by molar-refractivity contribution is -0.134. The SMILES string of the molecule is CN1C(=O)C(Cl)=C(c2ccc(F)cc2)C1=O. The Bertz CT molecular complexity index is 507. The number of nitrogens with zero attached hydrogens (tertiary/aromatic N) is 1. The molecule has 0 atom stereocenters. The van der Waals surface area contributed by atoms with Crippen molar-refractivity contribution in [2.45, 2.75) is 0 Å². The predicted molar refractivity (Wildman–Crippen MR) is 57.0 cm³/mol. The van der Waals surface area contributed by atoms with Crippen LogP contribution in [0.4, 0.5) is 4.39 Å². The molecule has 0 radical (unpaired) electrons. The van der Waals surface area contributed by atoms with Crippen LogP contribution < -0.4 is 0 Å². The summed E-state index contributed by atoms with van der Waals surface area (Å²) >= 11 is 5.77. The largest absolute Gasteiger partial charge is 0.277 e. The summed E-state index contributed by atoms with van der Waals surface area (Å²) in [5.74, 6) is -1.42. The van der Waals surface area contributed by atoms with E-state index in [1.165, 1.54) is 31.3 Å². The van der Waals surface area contributed by atoms with E-state index in [0.29, 0.717) is 5.56 Å². The lowest BCUT2D eigenvalue weighted by Crippen LogP contribution is -2.26. The van der Waals surface area contributed by atoms with Crippen molar-refractivity contribution in [3.8, 4) is 0 Å². The Kier molecular flexibility index (Phi) is 2.52. The minimum Gasteiger partial charge on any atom is -0.277 e. The topological polar surface area (TPSA) is 37.4 Å². The fourth-order valence-corrected chi connectivity index (χ4v) is 1.79. The van der Waals surface area contributed by atoms with Gasteiger partial charge in [-0.15, -0.1) is 0 Å². The van der Waals surface area contributed by atoms with Crippen LogP contribution in [0, 0.1) is 5.82 Å². The van der Waals surface area contributed by atoms with Crippen molar-refractivity contribution in [1.82, 2.24) is 4.90 Å². The third-order valence-electron chi connectivity index (χ3n) is 2.36. The van der Waals surface area contributed by atoms with E-state index in [1.54, 1.807) is 0 Å². The van der Waals surface area contributed by atoms with Crippen molar-refractivity contribution in [2.24, 2.45) is 0 Å². The Morgan fingerprint density at radius 2 is 1.69 bits per heavy atom. The lowest BCUT2D eigenvalue weighted by atomic mass is 10.1. The molecule has 0 fully saturated rings. The minimum atomic E-state index is -0.536. The molecule has 2 rings (SSSR count). The maximum absolute atomic E-state index is 12.7. The molecule has 0 aliphatic carbocycles. The van der Waals surface area contributed by atoms with Gasteiger partial charge in [-0.25, -0.2) is 4.39 Å². The minimum absolute atomic E-state index is 0.120. The summed E-state index contributed by atoms with van der Waals surface area (Å²) in [5, 5.41) is -0.126. The highest BCUT2D eigenvalue weighted by Crippen LogP contribution is 2.30. The molecule has 1 aromatic rings. The number of rotatable bonds is 1. The summed E-state index contributed by atoms with van der Waals surface area (Å²) in [6.07, 6.45) is 0. The number of halogens is 2. The number of likely N-dealkylation sites (N-methyl/N-ethyl adjacent to an activating group) is 1. The van der Waals surface area contributed by atoms with Crippen molar-refractivity contribution in [2.75, 3.05) is 7.05 Å². The third-order valence-corrected chi connectivity index (χ3v) is 2.71. The Hall–Kier alpha value is -1.68. The lowest BCUT2D eigenvalue weighted by Gasteiger charge is -2.06. The Morgan fingerprint density at radius 1 is 1.12 bits per heavy atom. The van der Waals surface area contributed by atoms with E-state index < -0.39 is 17.6 Å². The number of benzene rings is 1. The number of amides is 2. The standard InChI is InChI=1S/C11H7ClFNO2/c1-14-10(15)8(9(12)11(14)16)6-2-4-7(13)5-3-6/h2-5H,1H3. The summed E-state index contributed by atoms with van der Waals surface area (Å²) in [4.78, 5) is 24.0. The van der Waals surface area contributed by atoms with E-state index in [4.69, 9.17) is 11.6 Å². The molecule has 0 saturated heterocycles. The maximum atomic E-state index is 12.7. The third kappa shape index (κ3) is 1.51. The van der Waals surface area contributed by atoms with Gasteiger partial charge in [0.2, 0.25) is 0 Å². The first kappa shape index (κ1) is 10.8. The van der Waals surface area contributed by atoms with Gasteiger partial charge in [-0.3, -0.25) is 14.5 Å². The molecule has 1 heterocycles. The quantitative estimate of drug-likeness (QED) is 0.701. The van der Waals surface area contributed by atoms with Gasteiger partial charge >= 0.3 is 0 Å². The monoisotopic (exact) mass is 239 g/mol. The number of hydrogen-bond donors (Lipinski definition) is 0. The zero-order chi connectivity index (χ0) is 11.9. The Morgan fingerprint density at radius 3 is 2.12 bits per heavy atom. The van der Waals surface area contributed by atoms with Crippen LogP contribution in [0.2, 0.25) is 0 Å². The van der Waals surface area contributed by atoms with Crippen molar-refractivity contribution in [1.29, 1.82) is 0 Å². The summed E-state index contributed by atoms with van der Waals surface area (Å²) in [7, 11) is 1.35. The summed E-state index contributed by atoms with van der Waals surface area (Å²) in [6, 6.07) is 5.25. The first-order valence-corrected chi connectivity index (χ1v) is 4.88. The normalized spacial score (nSPS) is 16.3. The molecule has 1 aliphatic rings. The molecule has 1 aromatic carbocycles. The highest BCUT2D eigenvalue weighted by atomic mass is 35.5. The molecule has 0 spiro atoms. The van der Waals surface area contributed by atoms with Gasteiger partial charge in [-0.05, 0) is 17.7 Å². The van der Waals surface area contributed by atoms with Crippen molar-refractivity contribution < 1.29 is 14.0 Å². The molecule has 0 saturated carbocycles. The number of carbonyl (C=O) groups is 2. The van der Waals surface area contributed by atoms with Crippen LogP contribution >= 0.6 is 11.6 Å². The van der Waals surface area contributed by atoms with E-state index in [-0.39, 0.29) is 10.6 Å². The zero-order valence-electron chi connectivity index (χ0n) is 8.33. The van der Waals surface area contributed by atoms with Crippen LogP contribution in [0.25, 0.3) is 5.57 Å². The second-order valence-corrected chi connectivity index (χ2v) is 3.74. The molecular formula is C11H7ClFNO2. The van der Waals surface area contributed by atoms with Crippen molar-refractivity contribution in [3.63, 3.8) is 0 Å². The number of hydrogen-bond acceptors (Lipinski definition) is 2. The second-order valence-electron chi connectivity index (χ2n) is 3.37. The fourth-order valence-electron chi connectivity index (χ4n) is 1.47. The van der Waals surface area contributed by atoms with Crippen LogP contribution in [0.3, 0.4) is 0 Å². The maximum Gasteiger partial charge on any atom is 0.272 e. The van der Waals surface area contributed by atoms with Crippen LogP contribution in [0.15, 0.2) is 29.3 Å². The molecule has 16 heavy (non-hydrogen) atoms. The molecule has 0 bridgehead atoms. The van der Waals surface area contributed by atoms with Gasteiger partial charge < -0.3 is 0 Å². The molecule has 0 aromatic heterocycles. The fraction of sp³-hybridized carbons (Fsp3) is 0.0909.